The average molecular weight is 344 g/mol. The van der Waals surface area contributed by atoms with Gasteiger partial charge >= 0.3 is 0 Å². The topological polar surface area (TPSA) is 58.6 Å². The minimum absolute atomic E-state index is 0.00562. The first-order valence-corrected chi connectivity index (χ1v) is 9.42. The second kappa shape index (κ2) is 8.37. The largest absolute Gasteiger partial charge is 0.497 e. The summed E-state index contributed by atoms with van der Waals surface area (Å²) in [6.45, 7) is 0.449. The summed E-state index contributed by atoms with van der Waals surface area (Å²) in [6, 6.07) is 7.71. The minimum atomic E-state index is -0.260. The van der Waals surface area contributed by atoms with Crippen molar-refractivity contribution in [3.8, 4) is 5.75 Å². The Morgan fingerprint density at radius 2 is 1.88 bits per heavy atom. The molecule has 3 rings (SSSR count). The molecule has 0 aromatic heterocycles. The van der Waals surface area contributed by atoms with Crippen LogP contribution < -0.4 is 15.0 Å². The molecule has 5 nitrogen and oxygen atoms in total. The SMILES string of the molecule is COc1cccc(N2C[C@H](C(=O)NC3CCCCCCC3)CC2=O)c1. The summed E-state index contributed by atoms with van der Waals surface area (Å²) < 4.78 is 5.23. The van der Waals surface area contributed by atoms with E-state index in [4.69, 9.17) is 4.74 Å². The normalized spacial score (nSPS) is 22.4. The number of carbonyl (C=O) groups is 2. The summed E-state index contributed by atoms with van der Waals surface area (Å²) in [5.74, 6) is 0.493. The highest BCUT2D eigenvalue weighted by Gasteiger charge is 2.35. The molecule has 1 saturated carbocycles. The molecule has 0 radical (unpaired) electrons. The Morgan fingerprint density at radius 3 is 2.60 bits per heavy atom. The first kappa shape index (κ1) is 17.8. The number of ether oxygens (including phenoxy) is 1. The van der Waals surface area contributed by atoms with Gasteiger partial charge in [0.1, 0.15) is 5.75 Å². The number of nitrogens with zero attached hydrogens (tertiary/aromatic N) is 1. The lowest BCUT2D eigenvalue weighted by Crippen LogP contribution is -2.40. The van der Waals surface area contributed by atoms with Crippen molar-refractivity contribution in [2.75, 3.05) is 18.6 Å². The quantitative estimate of drug-likeness (QED) is 0.912. The van der Waals surface area contributed by atoms with Gasteiger partial charge in [-0.05, 0) is 25.0 Å². The van der Waals surface area contributed by atoms with Crippen LogP contribution in [0.2, 0.25) is 0 Å². The van der Waals surface area contributed by atoms with Gasteiger partial charge in [0.05, 0.1) is 13.0 Å². The average Bonchev–Trinajstić information content (AvgIpc) is 2.99. The molecule has 1 aliphatic heterocycles. The van der Waals surface area contributed by atoms with Gasteiger partial charge in [0, 0.05) is 30.8 Å². The Balaban J connectivity index is 1.60. The highest BCUT2D eigenvalue weighted by atomic mass is 16.5. The maximum absolute atomic E-state index is 12.6. The van der Waals surface area contributed by atoms with Gasteiger partial charge in [-0.3, -0.25) is 9.59 Å². The van der Waals surface area contributed by atoms with Crippen LogP contribution >= 0.6 is 0 Å². The molecule has 2 aliphatic rings. The Hall–Kier alpha value is -2.04. The van der Waals surface area contributed by atoms with Crippen molar-refractivity contribution in [2.24, 2.45) is 5.92 Å². The van der Waals surface area contributed by atoms with Crippen molar-refractivity contribution in [3.63, 3.8) is 0 Å². The van der Waals surface area contributed by atoms with Crippen molar-refractivity contribution < 1.29 is 14.3 Å². The van der Waals surface area contributed by atoms with E-state index in [1.54, 1.807) is 12.0 Å². The van der Waals surface area contributed by atoms with Crippen molar-refractivity contribution in [2.45, 2.75) is 57.4 Å². The van der Waals surface area contributed by atoms with E-state index in [1.807, 2.05) is 24.3 Å². The molecule has 0 unspecified atom stereocenters. The number of hydrogen-bond acceptors (Lipinski definition) is 3. The van der Waals surface area contributed by atoms with Gasteiger partial charge in [-0.2, -0.15) is 0 Å². The molecule has 25 heavy (non-hydrogen) atoms. The standard InChI is InChI=1S/C20H28N2O3/c1-25-18-11-7-10-17(13-18)22-14-15(12-19(22)23)20(24)21-16-8-5-3-2-4-6-9-16/h7,10-11,13,15-16H,2-6,8-9,12,14H2,1H3,(H,21,24)/t15-/m1/s1. The molecule has 2 amide bonds. The first-order chi connectivity index (χ1) is 12.2. The molecule has 1 heterocycles. The predicted molar refractivity (Wildman–Crippen MR) is 97.7 cm³/mol. The van der Waals surface area contributed by atoms with Crippen molar-refractivity contribution in [1.29, 1.82) is 0 Å². The third-order valence-electron chi connectivity index (χ3n) is 5.31. The summed E-state index contributed by atoms with van der Waals surface area (Å²) in [4.78, 5) is 26.7. The predicted octanol–water partition coefficient (Wildman–Crippen LogP) is 3.28. The van der Waals surface area contributed by atoms with Gasteiger partial charge in [0.15, 0.2) is 0 Å². The van der Waals surface area contributed by atoms with Crippen LogP contribution in [-0.4, -0.2) is 31.5 Å². The molecule has 1 saturated heterocycles. The maximum atomic E-state index is 12.6. The lowest BCUT2D eigenvalue weighted by molar-refractivity contribution is -0.127. The van der Waals surface area contributed by atoms with Gasteiger partial charge < -0.3 is 15.0 Å². The molecule has 1 aliphatic carbocycles. The lowest BCUT2D eigenvalue weighted by atomic mass is 9.96. The van der Waals surface area contributed by atoms with E-state index in [-0.39, 0.29) is 30.2 Å². The molecule has 1 aromatic rings. The van der Waals surface area contributed by atoms with E-state index in [2.05, 4.69) is 5.32 Å². The fraction of sp³-hybridized carbons (Fsp3) is 0.600. The maximum Gasteiger partial charge on any atom is 0.227 e. The zero-order chi connectivity index (χ0) is 17.6. The number of hydrogen-bond donors (Lipinski definition) is 1. The van der Waals surface area contributed by atoms with Gasteiger partial charge in [-0.1, -0.05) is 38.2 Å². The van der Waals surface area contributed by atoms with Gasteiger partial charge in [-0.15, -0.1) is 0 Å². The fourth-order valence-electron chi connectivity index (χ4n) is 3.83. The zero-order valence-electron chi connectivity index (χ0n) is 15.0. The second-order valence-electron chi connectivity index (χ2n) is 7.16. The Labute approximate surface area is 149 Å². The summed E-state index contributed by atoms with van der Waals surface area (Å²) in [5.41, 5.74) is 0.797. The Kier molecular flexibility index (Phi) is 5.95. The number of rotatable bonds is 4. The summed E-state index contributed by atoms with van der Waals surface area (Å²) in [7, 11) is 1.61. The summed E-state index contributed by atoms with van der Waals surface area (Å²) in [6.07, 6.45) is 8.62. The van der Waals surface area contributed by atoms with Crippen LogP contribution in [0.3, 0.4) is 0 Å². The van der Waals surface area contributed by atoms with Gasteiger partial charge in [0.2, 0.25) is 11.8 Å². The molecular formula is C20H28N2O3. The second-order valence-corrected chi connectivity index (χ2v) is 7.16. The van der Waals surface area contributed by atoms with E-state index < -0.39 is 0 Å². The van der Waals surface area contributed by atoms with Crippen LogP contribution in [0.4, 0.5) is 5.69 Å². The Morgan fingerprint density at radius 1 is 1.16 bits per heavy atom. The van der Waals surface area contributed by atoms with E-state index in [0.717, 1.165) is 18.5 Å². The smallest absolute Gasteiger partial charge is 0.227 e. The van der Waals surface area contributed by atoms with Crippen LogP contribution in [-0.2, 0) is 9.59 Å². The summed E-state index contributed by atoms with van der Waals surface area (Å²) >= 11 is 0. The van der Waals surface area contributed by atoms with E-state index >= 15 is 0 Å². The third kappa shape index (κ3) is 4.53. The zero-order valence-corrected chi connectivity index (χ0v) is 15.0. The van der Waals surface area contributed by atoms with Crippen LogP contribution in [0.25, 0.3) is 0 Å². The number of nitrogens with one attached hydrogen (secondary N) is 1. The number of methoxy groups -OCH3 is 1. The monoisotopic (exact) mass is 344 g/mol. The van der Waals surface area contributed by atoms with E-state index in [1.165, 1.54) is 32.1 Å². The van der Waals surface area contributed by atoms with E-state index in [0.29, 0.717) is 12.3 Å². The molecule has 5 heteroatoms. The number of carbonyl (C=O) groups excluding carboxylic acids is 2. The number of amides is 2. The molecule has 1 atom stereocenters. The van der Waals surface area contributed by atoms with Crippen LogP contribution in [0.1, 0.15) is 51.4 Å². The highest BCUT2D eigenvalue weighted by molar-refractivity contribution is 6.00. The van der Waals surface area contributed by atoms with E-state index in [9.17, 15) is 9.59 Å². The molecule has 136 valence electrons. The highest BCUT2D eigenvalue weighted by Crippen LogP contribution is 2.28. The summed E-state index contributed by atoms with van der Waals surface area (Å²) in [5, 5.41) is 3.20. The van der Waals surface area contributed by atoms with Crippen molar-refractivity contribution in [3.05, 3.63) is 24.3 Å². The molecule has 1 aromatic carbocycles. The minimum Gasteiger partial charge on any atom is -0.497 e. The van der Waals surface area contributed by atoms with Crippen LogP contribution in [0.15, 0.2) is 24.3 Å². The first-order valence-electron chi connectivity index (χ1n) is 9.42. The lowest BCUT2D eigenvalue weighted by Gasteiger charge is -2.23. The molecule has 2 fully saturated rings. The third-order valence-corrected chi connectivity index (χ3v) is 5.31. The van der Waals surface area contributed by atoms with Crippen molar-refractivity contribution in [1.82, 2.24) is 5.32 Å². The van der Waals surface area contributed by atoms with Gasteiger partial charge in [0.25, 0.3) is 0 Å². The fourth-order valence-corrected chi connectivity index (χ4v) is 3.83. The van der Waals surface area contributed by atoms with Gasteiger partial charge in [-0.25, -0.2) is 0 Å². The molecule has 0 bridgehead atoms. The van der Waals surface area contributed by atoms with Crippen molar-refractivity contribution >= 4 is 17.5 Å². The molecular weight excluding hydrogens is 316 g/mol. The molecule has 0 spiro atoms. The Bertz CT molecular complexity index is 609. The van der Waals surface area contributed by atoms with Crippen LogP contribution in [0.5, 0.6) is 5.75 Å². The molecule has 1 N–H and O–H groups in total. The number of benzene rings is 1. The number of anilines is 1. The van der Waals surface area contributed by atoms with Crippen LogP contribution in [0, 0.1) is 5.92 Å².